The van der Waals surface area contributed by atoms with Crippen molar-refractivity contribution in [3.8, 4) is 11.5 Å². The molecule has 0 aliphatic carbocycles. The zero-order chi connectivity index (χ0) is 25.9. The fourth-order valence-corrected chi connectivity index (χ4v) is 5.72. The van der Waals surface area contributed by atoms with E-state index in [1.54, 1.807) is 23.2 Å². The molecule has 0 spiro atoms. The lowest BCUT2D eigenvalue weighted by atomic mass is 10.0. The van der Waals surface area contributed by atoms with Crippen molar-refractivity contribution in [1.29, 1.82) is 0 Å². The summed E-state index contributed by atoms with van der Waals surface area (Å²) in [5.74, 6) is 1.16. The predicted molar refractivity (Wildman–Crippen MR) is 145 cm³/mol. The lowest BCUT2D eigenvalue weighted by Gasteiger charge is -2.25. The Bertz CT molecular complexity index is 1380. The minimum atomic E-state index is -3.83. The lowest BCUT2D eigenvalue weighted by molar-refractivity contribution is 0.340. The van der Waals surface area contributed by atoms with E-state index in [2.05, 4.69) is 4.72 Å². The smallest absolute Gasteiger partial charge is 0.240 e. The molecule has 190 valence electrons. The molecule has 11 heteroatoms. The Kier molecular flexibility index (Phi) is 8.32. The van der Waals surface area contributed by atoms with Gasteiger partial charge in [-0.2, -0.15) is 5.10 Å². The second-order valence-corrected chi connectivity index (χ2v) is 11.0. The summed E-state index contributed by atoms with van der Waals surface area (Å²) < 4.78 is 39.1. The van der Waals surface area contributed by atoms with E-state index >= 15 is 0 Å². The van der Waals surface area contributed by atoms with Crippen LogP contribution in [0.3, 0.4) is 0 Å². The summed E-state index contributed by atoms with van der Waals surface area (Å²) >= 11 is 18.7. The minimum Gasteiger partial charge on any atom is -0.495 e. The highest BCUT2D eigenvalue weighted by molar-refractivity contribution is 7.89. The van der Waals surface area contributed by atoms with Crippen molar-refractivity contribution < 1.29 is 17.9 Å². The molecule has 0 aromatic heterocycles. The molecule has 1 unspecified atom stereocenters. The third-order valence-corrected chi connectivity index (χ3v) is 7.84. The van der Waals surface area contributed by atoms with Crippen molar-refractivity contribution in [2.45, 2.75) is 24.3 Å². The monoisotopic (exact) mass is 567 g/mol. The standard InChI is InChI=1S/C25H24Cl3N3O4S/c1-3-35-19-7-4-16(5-8-19)24-13-18(30-31(24)23-10-6-17(26)12-21(23)27)15-29-36(32,33)20-9-11-25(34-2)22(28)14-20/h4-12,14,24,29H,3,13,15H2,1-2H3. The van der Waals surface area contributed by atoms with Gasteiger partial charge in [0.1, 0.15) is 11.5 Å². The molecule has 0 radical (unpaired) electrons. The van der Waals surface area contributed by atoms with Gasteiger partial charge in [0.25, 0.3) is 0 Å². The summed E-state index contributed by atoms with van der Waals surface area (Å²) in [6, 6.07) is 17.0. The van der Waals surface area contributed by atoms with Crippen LogP contribution in [0.1, 0.15) is 24.9 Å². The van der Waals surface area contributed by atoms with Gasteiger partial charge in [-0.15, -0.1) is 0 Å². The molecule has 7 nitrogen and oxygen atoms in total. The molecule has 1 N–H and O–H groups in total. The van der Waals surface area contributed by atoms with Crippen LogP contribution < -0.4 is 19.2 Å². The van der Waals surface area contributed by atoms with Crippen LogP contribution in [-0.2, 0) is 10.0 Å². The zero-order valence-corrected chi connectivity index (χ0v) is 22.6. The number of methoxy groups -OCH3 is 1. The maximum Gasteiger partial charge on any atom is 0.240 e. The molecule has 1 atom stereocenters. The van der Waals surface area contributed by atoms with Crippen LogP contribution in [0.25, 0.3) is 0 Å². The highest BCUT2D eigenvalue weighted by Crippen LogP contribution is 2.40. The number of halogens is 3. The molecule has 3 aromatic carbocycles. The van der Waals surface area contributed by atoms with Crippen LogP contribution in [0.15, 0.2) is 70.7 Å². The summed E-state index contributed by atoms with van der Waals surface area (Å²) in [7, 11) is -2.37. The molecule has 0 bridgehead atoms. The Morgan fingerprint density at radius 1 is 1.03 bits per heavy atom. The first-order valence-electron chi connectivity index (χ1n) is 11.1. The van der Waals surface area contributed by atoms with E-state index in [4.69, 9.17) is 49.4 Å². The van der Waals surface area contributed by atoms with Crippen molar-refractivity contribution >= 4 is 56.2 Å². The molecule has 0 fully saturated rings. The summed E-state index contributed by atoms with van der Waals surface area (Å²) in [5.41, 5.74) is 2.29. The molecule has 36 heavy (non-hydrogen) atoms. The van der Waals surface area contributed by atoms with Gasteiger partial charge in [-0.1, -0.05) is 46.9 Å². The average molecular weight is 569 g/mol. The minimum absolute atomic E-state index is 0.0151. The zero-order valence-electron chi connectivity index (χ0n) is 19.5. The van der Waals surface area contributed by atoms with E-state index in [0.29, 0.717) is 40.2 Å². The van der Waals surface area contributed by atoms with Crippen LogP contribution in [0.5, 0.6) is 11.5 Å². The summed E-state index contributed by atoms with van der Waals surface area (Å²) in [6.07, 6.45) is 0.485. The lowest BCUT2D eigenvalue weighted by Crippen LogP contribution is -2.29. The molecule has 4 rings (SSSR count). The van der Waals surface area contributed by atoms with E-state index in [-0.39, 0.29) is 22.5 Å². The number of hydrazone groups is 1. The molecule has 1 aliphatic heterocycles. The van der Waals surface area contributed by atoms with E-state index in [9.17, 15) is 8.42 Å². The predicted octanol–water partition coefficient (Wildman–Crippen LogP) is 6.34. The highest BCUT2D eigenvalue weighted by atomic mass is 35.5. The molecule has 0 amide bonds. The Morgan fingerprint density at radius 3 is 2.42 bits per heavy atom. The summed E-state index contributed by atoms with van der Waals surface area (Å²) in [6.45, 7) is 2.51. The number of nitrogens with zero attached hydrogens (tertiary/aromatic N) is 2. The molecule has 1 heterocycles. The van der Waals surface area contributed by atoms with Gasteiger partial charge in [0.2, 0.25) is 10.0 Å². The third-order valence-electron chi connectivity index (χ3n) is 5.61. The number of hydrogen-bond acceptors (Lipinski definition) is 6. The molecular weight excluding hydrogens is 545 g/mol. The second-order valence-electron chi connectivity index (χ2n) is 7.95. The maximum atomic E-state index is 12.9. The molecule has 1 aliphatic rings. The normalized spacial score (nSPS) is 15.6. The van der Waals surface area contributed by atoms with Crippen molar-refractivity contribution in [1.82, 2.24) is 4.72 Å². The molecule has 0 saturated heterocycles. The van der Waals surface area contributed by atoms with Gasteiger partial charge in [0.05, 0.1) is 52.6 Å². The van der Waals surface area contributed by atoms with Crippen LogP contribution in [0, 0.1) is 0 Å². The van der Waals surface area contributed by atoms with Crippen molar-refractivity contribution in [2.24, 2.45) is 5.10 Å². The number of rotatable bonds is 9. The second kappa shape index (κ2) is 11.3. The molecule has 3 aromatic rings. The van der Waals surface area contributed by atoms with Gasteiger partial charge in [0.15, 0.2) is 0 Å². The first-order chi connectivity index (χ1) is 17.2. The van der Waals surface area contributed by atoms with Crippen molar-refractivity contribution in [2.75, 3.05) is 25.3 Å². The number of sulfonamides is 1. The largest absolute Gasteiger partial charge is 0.495 e. The topological polar surface area (TPSA) is 80.2 Å². The van der Waals surface area contributed by atoms with Crippen LogP contribution in [0.2, 0.25) is 15.1 Å². The Hall–Kier alpha value is -2.49. The average Bonchev–Trinajstić information content (AvgIpc) is 3.27. The van der Waals surface area contributed by atoms with Crippen LogP contribution >= 0.6 is 34.8 Å². The van der Waals surface area contributed by atoms with E-state index in [1.165, 1.54) is 25.3 Å². The van der Waals surface area contributed by atoms with E-state index in [1.807, 2.05) is 31.2 Å². The molecular formula is C25H24Cl3N3O4S. The molecule has 0 saturated carbocycles. The van der Waals surface area contributed by atoms with Crippen molar-refractivity contribution in [3.63, 3.8) is 0 Å². The number of ether oxygens (including phenoxy) is 2. The van der Waals surface area contributed by atoms with Crippen molar-refractivity contribution in [3.05, 3.63) is 81.3 Å². The van der Waals surface area contributed by atoms with Crippen LogP contribution in [0.4, 0.5) is 5.69 Å². The van der Waals surface area contributed by atoms with Gasteiger partial charge in [-0.05, 0) is 61.0 Å². The SMILES string of the molecule is CCOc1ccc(C2CC(CNS(=O)(=O)c3ccc(OC)c(Cl)c3)=NN2c2ccc(Cl)cc2Cl)cc1. The highest BCUT2D eigenvalue weighted by Gasteiger charge is 2.31. The number of benzene rings is 3. The summed E-state index contributed by atoms with van der Waals surface area (Å²) in [5, 5.41) is 7.68. The van der Waals surface area contributed by atoms with Gasteiger partial charge in [-0.25, -0.2) is 13.1 Å². The fourth-order valence-electron chi connectivity index (χ4n) is 3.86. The Morgan fingerprint density at radius 2 is 1.78 bits per heavy atom. The fraction of sp³-hybridized carbons (Fsp3) is 0.240. The van der Waals surface area contributed by atoms with Gasteiger partial charge in [-0.3, -0.25) is 5.01 Å². The number of anilines is 1. The van der Waals surface area contributed by atoms with E-state index < -0.39 is 10.0 Å². The van der Waals surface area contributed by atoms with E-state index in [0.717, 1.165) is 11.3 Å². The Balaban J connectivity index is 1.59. The van der Waals surface area contributed by atoms with Gasteiger partial charge < -0.3 is 9.47 Å². The first kappa shape index (κ1) is 26.6. The van der Waals surface area contributed by atoms with Crippen LogP contribution in [-0.4, -0.2) is 34.4 Å². The number of nitrogens with one attached hydrogen (secondary N) is 1. The van der Waals surface area contributed by atoms with Gasteiger partial charge in [0, 0.05) is 11.4 Å². The quantitative estimate of drug-likeness (QED) is 0.326. The first-order valence-corrected chi connectivity index (χ1v) is 13.7. The Labute approximate surface area is 225 Å². The maximum absolute atomic E-state index is 12.9. The summed E-state index contributed by atoms with van der Waals surface area (Å²) in [4.78, 5) is 0.0348. The number of hydrogen-bond donors (Lipinski definition) is 1. The third kappa shape index (κ3) is 5.90. The van der Waals surface area contributed by atoms with Gasteiger partial charge >= 0.3 is 0 Å².